The lowest BCUT2D eigenvalue weighted by Gasteiger charge is -2.12. The Morgan fingerprint density at radius 2 is 1.92 bits per heavy atom. The molecule has 1 aromatic carbocycles. The molecule has 5 N–H and O–H groups in total. The summed E-state index contributed by atoms with van der Waals surface area (Å²) in [4.78, 5) is 26.7. The molecule has 0 fully saturated rings. The van der Waals surface area contributed by atoms with Gasteiger partial charge < -0.3 is 21.5 Å². The number of hydrogen-bond acceptors (Lipinski definition) is 5. The number of aromatic nitrogens is 1. The highest BCUT2D eigenvalue weighted by molar-refractivity contribution is 6.35. The van der Waals surface area contributed by atoms with Crippen molar-refractivity contribution in [3.63, 3.8) is 0 Å². The molecule has 2 amide bonds. The van der Waals surface area contributed by atoms with Crippen molar-refractivity contribution in [2.75, 3.05) is 12.3 Å². The van der Waals surface area contributed by atoms with Gasteiger partial charge in [0.2, 0.25) is 5.91 Å². The lowest BCUT2D eigenvalue weighted by Crippen LogP contribution is -2.28. The number of rotatable bonds is 7. The van der Waals surface area contributed by atoms with Gasteiger partial charge in [-0.2, -0.15) is 0 Å². The van der Waals surface area contributed by atoms with Crippen LogP contribution in [0.15, 0.2) is 30.5 Å². The number of amides is 2. The Morgan fingerprint density at radius 3 is 2.56 bits per heavy atom. The standard InChI is InChI=1S/C16H16Cl2N4O3/c17-11-2-1-3-12(18)10(11)8-25-13-6-9(7-22-15(13)20)16(24)21-5-4-14(19)23/h1-3,6-7H,4-5,8H2,(H2,19,23)(H2,20,22)(H,21,24). The van der Waals surface area contributed by atoms with E-state index in [1.165, 1.54) is 12.3 Å². The number of carbonyl (C=O) groups excluding carboxylic acids is 2. The number of hydrogen-bond donors (Lipinski definition) is 3. The maximum Gasteiger partial charge on any atom is 0.253 e. The van der Waals surface area contributed by atoms with Crippen molar-refractivity contribution in [1.82, 2.24) is 10.3 Å². The average Bonchev–Trinajstić information content (AvgIpc) is 2.55. The van der Waals surface area contributed by atoms with Crippen molar-refractivity contribution in [3.05, 3.63) is 51.6 Å². The largest absolute Gasteiger partial charge is 0.485 e. The Labute approximate surface area is 154 Å². The average molecular weight is 383 g/mol. The molecule has 7 nitrogen and oxygen atoms in total. The van der Waals surface area contributed by atoms with Gasteiger partial charge in [-0.05, 0) is 18.2 Å². The fourth-order valence-electron chi connectivity index (χ4n) is 1.92. The summed E-state index contributed by atoms with van der Waals surface area (Å²) < 4.78 is 5.61. The second kappa shape index (κ2) is 8.55. The molecule has 0 aliphatic carbocycles. The molecule has 0 unspecified atom stereocenters. The number of benzene rings is 1. The molecule has 2 rings (SSSR count). The van der Waals surface area contributed by atoms with E-state index >= 15 is 0 Å². The van der Waals surface area contributed by atoms with E-state index in [1.807, 2.05) is 0 Å². The second-order valence-corrected chi connectivity index (χ2v) is 5.88. The van der Waals surface area contributed by atoms with E-state index in [2.05, 4.69) is 10.3 Å². The van der Waals surface area contributed by atoms with E-state index in [4.69, 9.17) is 39.4 Å². The number of nitrogen functional groups attached to an aromatic ring is 1. The third-order valence-corrected chi connectivity index (χ3v) is 3.94. The van der Waals surface area contributed by atoms with Crippen LogP contribution in [0.3, 0.4) is 0 Å². The van der Waals surface area contributed by atoms with Gasteiger partial charge in [-0.15, -0.1) is 0 Å². The van der Waals surface area contributed by atoms with Crippen molar-refractivity contribution >= 4 is 40.8 Å². The van der Waals surface area contributed by atoms with Crippen LogP contribution in [0.25, 0.3) is 0 Å². The van der Waals surface area contributed by atoms with E-state index in [-0.39, 0.29) is 36.7 Å². The maximum absolute atomic E-state index is 12.0. The van der Waals surface area contributed by atoms with Crippen LogP contribution >= 0.6 is 23.2 Å². The topological polar surface area (TPSA) is 120 Å². The van der Waals surface area contributed by atoms with Crippen LogP contribution in [0.1, 0.15) is 22.3 Å². The molecule has 0 saturated heterocycles. The zero-order chi connectivity index (χ0) is 18.4. The molecule has 132 valence electrons. The molecule has 9 heteroatoms. The van der Waals surface area contributed by atoms with Gasteiger partial charge in [0.25, 0.3) is 5.91 Å². The van der Waals surface area contributed by atoms with Crippen LogP contribution in [0.5, 0.6) is 5.75 Å². The quantitative estimate of drug-likeness (QED) is 0.677. The number of anilines is 1. The smallest absolute Gasteiger partial charge is 0.253 e. The van der Waals surface area contributed by atoms with Crippen LogP contribution in [0.2, 0.25) is 10.0 Å². The highest BCUT2D eigenvalue weighted by Crippen LogP contribution is 2.27. The summed E-state index contributed by atoms with van der Waals surface area (Å²) in [5.41, 5.74) is 11.6. The summed E-state index contributed by atoms with van der Waals surface area (Å²) >= 11 is 12.2. The molecule has 0 atom stereocenters. The van der Waals surface area contributed by atoms with Crippen LogP contribution in [-0.4, -0.2) is 23.3 Å². The van der Waals surface area contributed by atoms with Gasteiger partial charge in [-0.3, -0.25) is 9.59 Å². The van der Waals surface area contributed by atoms with E-state index in [0.717, 1.165) is 0 Å². The Kier molecular flexibility index (Phi) is 6.44. The minimum atomic E-state index is -0.503. The van der Waals surface area contributed by atoms with Gasteiger partial charge in [0.15, 0.2) is 11.6 Å². The molecule has 0 bridgehead atoms. The molecule has 2 aromatic rings. The van der Waals surface area contributed by atoms with Crippen molar-refractivity contribution in [3.8, 4) is 5.75 Å². The fourth-order valence-corrected chi connectivity index (χ4v) is 2.42. The molecule has 1 heterocycles. The van der Waals surface area contributed by atoms with Gasteiger partial charge in [0.1, 0.15) is 6.61 Å². The predicted molar refractivity (Wildman–Crippen MR) is 95.6 cm³/mol. The van der Waals surface area contributed by atoms with Crippen LogP contribution in [-0.2, 0) is 11.4 Å². The van der Waals surface area contributed by atoms with Gasteiger partial charge in [0.05, 0.1) is 5.56 Å². The lowest BCUT2D eigenvalue weighted by atomic mass is 10.2. The first-order valence-electron chi connectivity index (χ1n) is 7.26. The van der Waals surface area contributed by atoms with Gasteiger partial charge in [-0.25, -0.2) is 4.98 Å². The first-order valence-corrected chi connectivity index (χ1v) is 8.01. The fraction of sp³-hybridized carbons (Fsp3) is 0.188. The summed E-state index contributed by atoms with van der Waals surface area (Å²) in [6.45, 7) is 0.196. The van der Waals surface area contributed by atoms with Crippen LogP contribution < -0.4 is 21.5 Å². The highest BCUT2D eigenvalue weighted by Gasteiger charge is 2.12. The molecule has 0 aliphatic heterocycles. The third-order valence-electron chi connectivity index (χ3n) is 3.23. The molecule has 1 aromatic heterocycles. The second-order valence-electron chi connectivity index (χ2n) is 5.07. The number of ether oxygens (including phenoxy) is 1. The van der Waals surface area contributed by atoms with Crippen molar-refractivity contribution in [2.24, 2.45) is 5.73 Å². The number of halogens is 2. The monoisotopic (exact) mass is 382 g/mol. The first-order chi connectivity index (χ1) is 11.9. The SMILES string of the molecule is NC(=O)CCNC(=O)c1cnc(N)c(OCc2c(Cl)cccc2Cl)c1. The van der Waals surface area contributed by atoms with Crippen molar-refractivity contribution in [2.45, 2.75) is 13.0 Å². The lowest BCUT2D eigenvalue weighted by molar-refractivity contribution is -0.117. The van der Waals surface area contributed by atoms with Crippen LogP contribution in [0, 0.1) is 0 Å². The molecule has 0 saturated carbocycles. The van der Waals surface area contributed by atoms with Crippen molar-refractivity contribution in [1.29, 1.82) is 0 Å². The molecular formula is C16H16Cl2N4O3. The predicted octanol–water partition coefficient (Wildman–Crippen LogP) is 2.15. The third kappa shape index (κ3) is 5.23. The van der Waals surface area contributed by atoms with Gasteiger partial charge in [-0.1, -0.05) is 29.3 Å². The minimum Gasteiger partial charge on any atom is -0.485 e. The van der Waals surface area contributed by atoms with E-state index in [9.17, 15) is 9.59 Å². The highest BCUT2D eigenvalue weighted by atomic mass is 35.5. The maximum atomic E-state index is 12.0. The molecule has 0 aliphatic rings. The molecule has 0 spiro atoms. The zero-order valence-corrected chi connectivity index (χ0v) is 14.6. The van der Waals surface area contributed by atoms with Crippen LogP contribution in [0.4, 0.5) is 5.82 Å². The Hall–Kier alpha value is -2.51. The Morgan fingerprint density at radius 1 is 1.24 bits per heavy atom. The summed E-state index contributed by atoms with van der Waals surface area (Å²) in [6, 6.07) is 6.56. The zero-order valence-electron chi connectivity index (χ0n) is 13.1. The number of carbonyl (C=O) groups is 2. The molecule has 0 radical (unpaired) electrons. The van der Waals surface area contributed by atoms with E-state index in [0.29, 0.717) is 15.6 Å². The van der Waals surface area contributed by atoms with E-state index in [1.54, 1.807) is 18.2 Å². The molecule has 25 heavy (non-hydrogen) atoms. The summed E-state index contributed by atoms with van der Waals surface area (Å²) in [5, 5.41) is 3.47. The summed E-state index contributed by atoms with van der Waals surface area (Å²) in [5.74, 6) is -0.582. The number of pyridine rings is 1. The van der Waals surface area contributed by atoms with Crippen molar-refractivity contribution < 1.29 is 14.3 Å². The normalized spacial score (nSPS) is 10.3. The molecular weight excluding hydrogens is 367 g/mol. The Balaban J connectivity index is 2.08. The summed E-state index contributed by atoms with van der Waals surface area (Å²) in [6.07, 6.45) is 1.35. The van der Waals surface area contributed by atoms with E-state index < -0.39 is 11.8 Å². The number of primary amides is 1. The Bertz CT molecular complexity index is 779. The number of nitrogens with one attached hydrogen (secondary N) is 1. The van der Waals surface area contributed by atoms with Gasteiger partial charge >= 0.3 is 0 Å². The first kappa shape index (κ1) is 18.8. The number of nitrogens with two attached hydrogens (primary N) is 2. The summed E-state index contributed by atoms with van der Waals surface area (Å²) in [7, 11) is 0. The number of nitrogens with zero attached hydrogens (tertiary/aromatic N) is 1. The van der Waals surface area contributed by atoms with Gasteiger partial charge in [0, 0.05) is 34.8 Å². The minimum absolute atomic E-state index is 0.0442.